The van der Waals surface area contributed by atoms with E-state index in [2.05, 4.69) is 30.0 Å². The van der Waals surface area contributed by atoms with Crippen molar-refractivity contribution in [2.24, 2.45) is 0 Å². The molecule has 1 aromatic heterocycles. The molecule has 0 spiro atoms. The number of benzene rings is 2. The number of sulfonamides is 2. The maximum Gasteiger partial charge on any atom is 0.259 e. The summed E-state index contributed by atoms with van der Waals surface area (Å²) in [6.45, 7) is 2.96. The number of carbonyl (C=O) groups excluding carboxylic acids is 1. The Balaban J connectivity index is 1.40. The van der Waals surface area contributed by atoms with E-state index in [-0.39, 0.29) is 36.6 Å². The second-order valence-corrected chi connectivity index (χ2v) is 13.8. The van der Waals surface area contributed by atoms with E-state index in [4.69, 9.17) is 0 Å². The Bertz CT molecular complexity index is 1680. The number of carbonyl (C=O) groups is 1. The summed E-state index contributed by atoms with van der Waals surface area (Å²) in [6.07, 6.45) is 1.20. The highest BCUT2D eigenvalue weighted by molar-refractivity contribution is 7.92. The maximum absolute atomic E-state index is 13.7. The summed E-state index contributed by atoms with van der Waals surface area (Å²) in [5.41, 5.74) is 1.87. The number of nitrogens with zero attached hydrogens (tertiary/aromatic N) is 4. The monoisotopic (exact) mass is 609 g/mol. The van der Waals surface area contributed by atoms with Crippen LogP contribution in [-0.2, 0) is 33.0 Å². The van der Waals surface area contributed by atoms with Gasteiger partial charge in [0.25, 0.3) is 5.91 Å². The summed E-state index contributed by atoms with van der Waals surface area (Å²) in [6, 6.07) is 6.93. The molecule has 5 rings (SSSR count). The van der Waals surface area contributed by atoms with Crippen molar-refractivity contribution in [2.75, 3.05) is 61.0 Å². The van der Waals surface area contributed by atoms with E-state index >= 15 is 0 Å². The number of aromatic nitrogens is 2. The quantitative estimate of drug-likeness (QED) is 0.368. The number of likely N-dealkylation sites (N-methyl/N-ethyl adjacent to an activating group) is 1. The first-order chi connectivity index (χ1) is 19.3. The van der Waals surface area contributed by atoms with Crippen LogP contribution in [0.25, 0.3) is 0 Å². The molecule has 0 saturated carbocycles. The van der Waals surface area contributed by atoms with Crippen molar-refractivity contribution in [1.29, 1.82) is 0 Å². The molecule has 220 valence electrons. The van der Waals surface area contributed by atoms with E-state index in [9.17, 15) is 30.4 Å². The number of hydrogen-bond acceptors (Lipinski definition) is 8. The van der Waals surface area contributed by atoms with Crippen molar-refractivity contribution < 1.29 is 30.4 Å². The topological polar surface area (TPSA) is 148 Å². The number of piperazine rings is 1. The van der Waals surface area contributed by atoms with Crippen LogP contribution in [0.3, 0.4) is 0 Å². The van der Waals surface area contributed by atoms with Gasteiger partial charge < -0.3 is 15.1 Å². The Morgan fingerprint density at radius 2 is 1.66 bits per heavy atom. The van der Waals surface area contributed by atoms with Gasteiger partial charge in [0, 0.05) is 68.7 Å². The second-order valence-electron chi connectivity index (χ2n) is 10.1. The van der Waals surface area contributed by atoms with Gasteiger partial charge in [-0.3, -0.25) is 14.6 Å². The molecule has 0 radical (unpaired) electrons. The number of hydrogen-bond donors (Lipinski definition) is 3. The molecule has 2 aromatic carbocycles. The van der Waals surface area contributed by atoms with Gasteiger partial charge in [-0.05, 0) is 37.4 Å². The van der Waals surface area contributed by atoms with Crippen molar-refractivity contribution in [3.63, 3.8) is 0 Å². The van der Waals surface area contributed by atoms with E-state index in [0.29, 0.717) is 17.3 Å². The molecule has 0 atom stereocenters. The molecule has 0 bridgehead atoms. The van der Waals surface area contributed by atoms with Crippen molar-refractivity contribution in [3.05, 3.63) is 64.9 Å². The third-order valence-electron chi connectivity index (χ3n) is 7.02. The molecule has 16 heteroatoms. The normalized spacial score (nSPS) is 16.8. The van der Waals surface area contributed by atoms with E-state index in [1.165, 1.54) is 6.07 Å². The molecule has 0 aliphatic carbocycles. The van der Waals surface area contributed by atoms with Gasteiger partial charge in [0.15, 0.2) is 5.82 Å². The maximum atomic E-state index is 13.7. The van der Waals surface area contributed by atoms with Gasteiger partial charge >= 0.3 is 0 Å². The number of nitrogens with one attached hydrogen (secondary N) is 3. The summed E-state index contributed by atoms with van der Waals surface area (Å²) in [4.78, 5) is 17.1. The highest BCUT2D eigenvalue weighted by Gasteiger charge is 2.32. The van der Waals surface area contributed by atoms with Crippen LogP contribution in [0.5, 0.6) is 0 Å². The molecule has 12 nitrogen and oxygen atoms in total. The fraction of sp³-hybridized carbons (Fsp3) is 0.360. The van der Waals surface area contributed by atoms with Crippen LogP contribution in [-0.4, -0.2) is 88.2 Å². The predicted octanol–water partition coefficient (Wildman–Crippen LogP) is 1.81. The zero-order valence-electron chi connectivity index (χ0n) is 22.3. The van der Waals surface area contributed by atoms with Crippen LogP contribution in [0.2, 0.25) is 0 Å². The van der Waals surface area contributed by atoms with E-state index in [1.807, 2.05) is 7.05 Å². The molecule has 2 aliphatic heterocycles. The minimum atomic E-state index is -4.26. The minimum absolute atomic E-state index is 0.0270. The van der Waals surface area contributed by atoms with Gasteiger partial charge in [-0.15, -0.1) is 0 Å². The summed E-state index contributed by atoms with van der Waals surface area (Å²) in [5, 5.41) is 9.58. The SMILES string of the molecule is CN1CCN(c2ccc(C(=O)Nc3n[nH]c4c3CN(S(=O)(=O)c3cc(F)cc(F)c3)CC4)c(NS(C)(=O)=O)c2)CC1. The van der Waals surface area contributed by atoms with Gasteiger partial charge in [-0.2, -0.15) is 9.40 Å². The van der Waals surface area contributed by atoms with Crippen LogP contribution in [0.15, 0.2) is 41.3 Å². The van der Waals surface area contributed by atoms with Crippen LogP contribution in [0, 0.1) is 11.6 Å². The van der Waals surface area contributed by atoms with Gasteiger partial charge in [-0.1, -0.05) is 0 Å². The number of rotatable bonds is 7. The lowest BCUT2D eigenvalue weighted by molar-refractivity contribution is 0.102. The second kappa shape index (κ2) is 11.0. The number of H-pyrrole nitrogens is 1. The van der Waals surface area contributed by atoms with Gasteiger partial charge in [-0.25, -0.2) is 25.6 Å². The van der Waals surface area contributed by atoms with Gasteiger partial charge in [0.2, 0.25) is 20.0 Å². The fourth-order valence-electron chi connectivity index (χ4n) is 4.86. The lowest BCUT2D eigenvalue weighted by atomic mass is 10.1. The summed E-state index contributed by atoms with van der Waals surface area (Å²) in [5.74, 6) is -2.64. The van der Waals surface area contributed by atoms with Crippen molar-refractivity contribution >= 4 is 43.1 Å². The average molecular weight is 610 g/mol. The largest absolute Gasteiger partial charge is 0.369 e. The first-order valence-corrected chi connectivity index (χ1v) is 16.0. The first-order valence-electron chi connectivity index (χ1n) is 12.7. The van der Waals surface area contributed by atoms with E-state index in [0.717, 1.165) is 54.6 Å². The molecule has 1 fully saturated rings. The van der Waals surface area contributed by atoms with Crippen LogP contribution in [0.4, 0.5) is 26.0 Å². The molecular formula is C25H29F2N7O5S2. The Morgan fingerprint density at radius 1 is 0.976 bits per heavy atom. The standard InChI is InChI=1S/C25H29F2N7O5S2/c1-32-7-9-33(10-8-32)18-3-4-20(23(14-18)31-40(2,36)37)25(35)28-24-21-15-34(6-5-22(21)29-30-24)41(38,39)19-12-16(26)11-17(27)13-19/h3-4,11-14,31H,5-10,15H2,1-2H3,(H2,28,29,30,35). The number of aromatic amines is 1. The molecule has 1 saturated heterocycles. The highest BCUT2D eigenvalue weighted by Crippen LogP contribution is 2.31. The van der Waals surface area contributed by atoms with E-state index in [1.54, 1.807) is 12.1 Å². The number of amides is 1. The molecule has 3 N–H and O–H groups in total. The van der Waals surface area contributed by atoms with Crippen LogP contribution >= 0.6 is 0 Å². The number of fused-ring (bicyclic) bond motifs is 1. The van der Waals surface area contributed by atoms with Gasteiger partial charge in [0.1, 0.15) is 11.6 Å². The van der Waals surface area contributed by atoms with Crippen molar-refractivity contribution in [2.45, 2.75) is 17.9 Å². The minimum Gasteiger partial charge on any atom is -0.369 e. The predicted molar refractivity (Wildman–Crippen MR) is 149 cm³/mol. The van der Waals surface area contributed by atoms with Crippen molar-refractivity contribution in [1.82, 2.24) is 19.4 Å². The number of halogens is 2. The molecule has 1 amide bonds. The van der Waals surface area contributed by atoms with Gasteiger partial charge in [0.05, 0.1) is 22.4 Å². The lowest BCUT2D eigenvalue weighted by Gasteiger charge is -2.34. The molecular weight excluding hydrogens is 580 g/mol. The average Bonchev–Trinajstić information content (AvgIpc) is 3.29. The van der Waals surface area contributed by atoms with Crippen LogP contribution in [0.1, 0.15) is 21.6 Å². The highest BCUT2D eigenvalue weighted by atomic mass is 32.2. The Labute approximate surface area is 236 Å². The Morgan fingerprint density at radius 3 is 2.32 bits per heavy atom. The Hall–Kier alpha value is -3.60. The molecule has 2 aliphatic rings. The molecule has 3 aromatic rings. The molecule has 3 heterocycles. The number of anilines is 3. The summed E-state index contributed by atoms with van der Waals surface area (Å²) >= 11 is 0. The smallest absolute Gasteiger partial charge is 0.259 e. The van der Waals surface area contributed by atoms with Crippen LogP contribution < -0.4 is 14.9 Å². The molecule has 0 unspecified atom stereocenters. The third kappa shape index (κ3) is 6.34. The fourth-order valence-corrected chi connectivity index (χ4v) is 6.88. The van der Waals surface area contributed by atoms with Crippen molar-refractivity contribution in [3.8, 4) is 0 Å². The Kier molecular flexibility index (Phi) is 7.76. The third-order valence-corrected chi connectivity index (χ3v) is 9.43. The summed E-state index contributed by atoms with van der Waals surface area (Å²) < 4.78 is 81.4. The zero-order valence-corrected chi connectivity index (χ0v) is 23.9. The lowest BCUT2D eigenvalue weighted by Crippen LogP contribution is -2.44. The zero-order chi connectivity index (χ0) is 29.5. The molecule has 41 heavy (non-hydrogen) atoms. The summed E-state index contributed by atoms with van der Waals surface area (Å²) in [7, 11) is -5.96. The first kappa shape index (κ1) is 28.9. The van der Waals surface area contributed by atoms with E-state index < -0.39 is 42.5 Å².